The summed E-state index contributed by atoms with van der Waals surface area (Å²) in [6, 6.07) is 5.40. The zero-order valence-corrected chi connectivity index (χ0v) is 13.1. The number of anilines is 3. The van der Waals surface area contributed by atoms with Crippen LogP contribution in [0.25, 0.3) is 0 Å². The average molecular weight is 304 g/mol. The lowest BCUT2D eigenvalue weighted by Crippen LogP contribution is -2.11. The summed E-state index contributed by atoms with van der Waals surface area (Å²) >= 11 is 0. The molecule has 3 N–H and O–H groups in total. The summed E-state index contributed by atoms with van der Waals surface area (Å²) in [5.41, 5.74) is 7.07. The molecule has 7 nitrogen and oxygen atoms in total. The topological polar surface area (TPSA) is 91.5 Å². The Morgan fingerprint density at radius 3 is 2.55 bits per heavy atom. The van der Waals surface area contributed by atoms with Gasteiger partial charge in [0, 0.05) is 6.07 Å². The first-order chi connectivity index (χ1) is 10.5. The third kappa shape index (κ3) is 3.49. The van der Waals surface area contributed by atoms with E-state index in [-0.39, 0.29) is 6.10 Å². The number of nitrogens with one attached hydrogen (secondary N) is 1. The Hall–Kier alpha value is -2.70. The molecule has 0 aliphatic heterocycles. The van der Waals surface area contributed by atoms with E-state index in [0.717, 1.165) is 0 Å². The van der Waals surface area contributed by atoms with Crippen LogP contribution in [-0.2, 0) is 0 Å². The van der Waals surface area contributed by atoms with E-state index in [4.69, 9.17) is 19.9 Å². The zero-order valence-electron chi connectivity index (χ0n) is 13.1. The summed E-state index contributed by atoms with van der Waals surface area (Å²) in [5.74, 6) is 2.12. The minimum Gasteiger partial charge on any atom is -0.497 e. The van der Waals surface area contributed by atoms with Crippen LogP contribution in [0.15, 0.2) is 24.5 Å². The molecule has 0 radical (unpaired) electrons. The van der Waals surface area contributed by atoms with Gasteiger partial charge in [-0.05, 0) is 26.0 Å². The highest BCUT2D eigenvalue weighted by Crippen LogP contribution is 2.34. The molecule has 1 heterocycles. The quantitative estimate of drug-likeness (QED) is 0.847. The number of nitrogen functional groups attached to an aromatic ring is 1. The van der Waals surface area contributed by atoms with Crippen LogP contribution >= 0.6 is 0 Å². The van der Waals surface area contributed by atoms with Crippen LogP contribution in [0.2, 0.25) is 0 Å². The van der Waals surface area contributed by atoms with Gasteiger partial charge in [-0.3, -0.25) is 0 Å². The molecule has 118 valence electrons. The standard InChI is InChI=1S/C15H20N4O3/c1-9(2)22-15-13(16)14(17-8-18-15)19-11-7-10(20-3)5-6-12(11)21-4/h5-9H,16H2,1-4H3,(H,17,18,19). The van der Waals surface area contributed by atoms with Crippen molar-refractivity contribution in [3.63, 3.8) is 0 Å². The van der Waals surface area contributed by atoms with Gasteiger partial charge in [-0.25, -0.2) is 4.98 Å². The Morgan fingerprint density at radius 1 is 1.14 bits per heavy atom. The van der Waals surface area contributed by atoms with E-state index < -0.39 is 0 Å². The zero-order chi connectivity index (χ0) is 16.1. The van der Waals surface area contributed by atoms with Crippen LogP contribution in [0.1, 0.15) is 13.8 Å². The fourth-order valence-electron chi connectivity index (χ4n) is 1.84. The van der Waals surface area contributed by atoms with Gasteiger partial charge in [0.2, 0.25) is 5.88 Å². The fourth-order valence-corrected chi connectivity index (χ4v) is 1.84. The first-order valence-corrected chi connectivity index (χ1v) is 6.81. The molecule has 2 rings (SSSR count). The molecule has 22 heavy (non-hydrogen) atoms. The van der Waals surface area contributed by atoms with Gasteiger partial charge in [-0.15, -0.1) is 0 Å². The van der Waals surface area contributed by atoms with Crippen molar-refractivity contribution in [2.45, 2.75) is 20.0 Å². The van der Waals surface area contributed by atoms with Crippen molar-refractivity contribution >= 4 is 17.2 Å². The Morgan fingerprint density at radius 2 is 1.91 bits per heavy atom. The minimum absolute atomic E-state index is 0.0311. The molecule has 0 saturated heterocycles. The lowest BCUT2D eigenvalue weighted by atomic mass is 10.2. The van der Waals surface area contributed by atoms with E-state index in [1.807, 2.05) is 13.8 Å². The van der Waals surface area contributed by atoms with Crippen molar-refractivity contribution in [3.05, 3.63) is 24.5 Å². The van der Waals surface area contributed by atoms with Crippen molar-refractivity contribution < 1.29 is 14.2 Å². The maximum Gasteiger partial charge on any atom is 0.242 e. The first-order valence-electron chi connectivity index (χ1n) is 6.81. The van der Waals surface area contributed by atoms with Gasteiger partial charge in [0.15, 0.2) is 5.82 Å². The Bertz CT molecular complexity index is 647. The van der Waals surface area contributed by atoms with Crippen LogP contribution < -0.4 is 25.3 Å². The third-order valence-electron chi connectivity index (χ3n) is 2.85. The van der Waals surface area contributed by atoms with Gasteiger partial charge in [0.25, 0.3) is 0 Å². The van der Waals surface area contributed by atoms with Crippen LogP contribution in [0, 0.1) is 0 Å². The molecule has 0 fully saturated rings. The van der Waals surface area contributed by atoms with Crippen molar-refractivity contribution in [3.8, 4) is 17.4 Å². The number of methoxy groups -OCH3 is 2. The van der Waals surface area contributed by atoms with Gasteiger partial charge in [-0.1, -0.05) is 0 Å². The molecule has 0 aliphatic carbocycles. The predicted octanol–water partition coefficient (Wildman–Crippen LogP) is 2.61. The highest BCUT2D eigenvalue weighted by atomic mass is 16.5. The van der Waals surface area contributed by atoms with E-state index in [2.05, 4.69) is 15.3 Å². The maximum absolute atomic E-state index is 6.06. The van der Waals surface area contributed by atoms with Crippen LogP contribution in [-0.4, -0.2) is 30.3 Å². The molecule has 7 heteroatoms. The number of rotatable bonds is 6. The molecule has 1 aromatic heterocycles. The Balaban J connectivity index is 2.34. The first kappa shape index (κ1) is 15.7. The smallest absolute Gasteiger partial charge is 0.242 e. The van der Waals surface area contributed by atoms with Crippen LogP contribution in [0.3, 0.4) is 0 Å². The molecule has 0 spiro atoms. The fraction of sp³-hybridized carbons (Fsp3) is 0.333. The van der Waals surface area contributed by atoms with Crippen LogP contribution in [0.4, 0.5) is 17.2 Å². The summed E-state index contributed by atoms with van der Waals surface area (Å²) in [5, 5.41) is 3.12. The second-order valence-corrected chi connectivity index (χ2v) is 4.80. The molecule has 0 atom stereocenters. The summed E-state index contributed by atoms with van der Waals surface area (Å²) in [6.07, 6.45) is 1.36. The number of ether oxygens (including phenoxy) is 3. The second kappa shape index (κ2) is 6.84. The molecule has 0 amide bonds. The average Bonchev–Trinajstić information content (AvgIpc) is 2.50. The van der Waals surface area contributed by atoms with Crippen molar-refractivity contribution in [2.75, 3.05) is 25.3 Å². The number of hydrogen-bond donors (Lipinski definition) is 2. The molecule has 1 aromatic carbocycles. The lowest BCUT2D eigenvalue weighted by Gasteiger charge is -2.15. The summed E-state index contributed by atoms with van der Waals surface area (Å²) in [7, 11) is 3.18. The molecule has 2 aromatic rings. The largest absolute Gasteiger partial charge is 0.497 e. The monoisotopic (exact) mass is 304 g/mol. The van der Waals surface area contributed by atoms with E-state index >= 15 is 0 Å². The highest BCUT2D eigenvalue weighted by Gasteiger charge is 2.13. The number of nitrogens with two attached hydrogens (primary N) is 1. The predicted molar refractivity (Wildman–Crippen MR) is 85.0 cm³/mol. The van der Waals surface area contributed by atoms with Crippen molar-refractivity contribution in [1.82, 2.24) is 9.97 Å². The number of benzene rings is 1. The number of nitrogens with zero attached hydrogens (tertiary/aromatic N) is 2. The number of hydrogen-bond acceptors (Lipinski definition) is 7. The third-order valence-corrected chi connectivity index (χ3v) is 2.85. The summed E-state index contributed by atoms with van der Waals surface area (Å²) in [6.45, 7) is 3.81. The van der Waals surface area contributed by atoms with Crippen molar-refractivity contribution in [2.24, 2.45) is 0 Å². The van der Waals surface area contributed by atoms with Crippen LogP contribution in [0.5, 0.6) is 17.4 Å². The highest BCUT2D eigenvalue weighted by molar-refractivity contribution is 5.75. The Kier molecular flexibility index (Phi) is 4.88. The van der Waals surface area contributed by atoms with Gasteiger partial charge in [0.1, 0.15) is 23.5 Å². The molecule has 0 saturated carbocycles. The van der Waals surface area contributed by atoms with E-state index in [1.165, 1.54) is 6.33 Å². The van der Waals surface area contributed by atoms with Crippen molar-refractivity contribution in [1.29, 1.82) is 0 Å². The van der Waals surface area contributed by atoms with Gasteiger partial charge < -0.3 is 25.3 Å². The molecular formula is C15H20N4O3. The lowest BCUT2D eigenvalue weighted by molar-refractivity contribution is 0.234. The normalized spacial score (nSPS) is 10.4. The molecular weight excluding hydrogens is 284 g/mol. The SMILES string of the molecule is COc1ccc(OC)c(Nc2ncnc(OC(C)C)c2N)c1. The molecule has 0 bridgehead atoms. The second-order valence-electron chi connectivity index (χ2n) is 4.80. The van der Waals surface area contributed by atoms with E-state index in [9.17, 15) is 0 Å². The Labute approximate surface area is 129 Å². The van der Waals surface area contributed by atoms with Gasteiger partial charge in [0.05, 0.1) is 26.0 Å². The molecule has 0 aliphatic rings. The van der Waals surface area contributed by atoms with E-state index in [1.54, 1.807) is 32.4 Å². The maximum atomic E-state index is 6.06. The minimum atomic E-state index is -0.0311. The summed E-state index contributed by atoms with van der Waals surface area (Å²) in [4.78, 5) is 8.19. The number of aromatic nitrogens is 2. The van der Waals surface area contributed by atoms with E-state index in [0.29, 0.717) is 34.6 Å². The summed E-state index contributed by atoms with van der Waals surface area (Å²) < 4.78 is 16.1. The molecule has 0 unspecified atom stereocenters. The van der Waals surface area contributed by atoms with Gasteiger partial charge >= 0.3 is 0 Å². The van der Waals surface area contributed by atoms with Gasteiger partial charge in [-0.2, -0.15) is 4.98 Å².